The predicted octanol–water partition coefficient (Wildman–Crippen LogP) is 5.07. The smallest absolute Gasteiger partial charge is 0.363 e. The minimum atomic E-state index is -1.84. The fraction of sp³-hybridized carbons (Fsp3) is 0.0556. The topological polar surface area (TPSA) is 66.4 Å². The van der Waals surface area contributed by atoms with Gasteiger partial charge in [-0.1, -0.05) is 34.2 Å². The molecule has 0 bridgehead atoms. The Morgan fingerprint density at radius 2 is 1.84 bits per heavy atom. The van der Waals surface area contributed by atoms with Gasteiger partial charge in [0.15, 0.2) is 0 Å². The number of carbonyl (C=O) groups excluding carboxylic acids is 1. The first-order valence-electron chi connectivity index (χ1n) is 7.26. The number of fused-ring (bicyclic) bond motifs is 1. The van der Waals surface area contributed by atoms with E-state index in [1.54, 1.807) is 53.2 Å². The van der Waals surface area contributed by atoms with E-state index >= 15 is 0 Å². The van der Waals surface area contributed by atoms with Crippen LogP contribution in [-0.4, -0.2) is 21.7 Å². The van der Waals surface area contributed by atoms with Gasteiger partial charge < -0.3 is 10.4 Å². The van der Waals surface area contributed by atoms with Crippen molar-refractivity contribution in [1.29, 1.82) is 0 Å². The highest BCUT2D eigenvalue weighted by molar-refractivity contribution is 8.29. The number of carbonyl (C=O) groups is 2. The molecule has 1 heterocycles. The van der Waals surface area contributed by atoms with Gasteiger partial charge in [-0.05, 0) is 63.9 Å². The molecule has 2 atom stereocenters. The van der Waals surface area contributed by atoms with Crippen molar-refractivity contribution in [3.05, 3.63) is 69.6 Å². The Kier molecular flexibility index (Phi) is 5.01. The van der Waals surface area contributed by atoms with E-state index in [0.717, 1.165) is 0 Å². The molecular weight excluding hydrogens is 365 g/mol. The summed E-state index contributed by atoms with van der Waals surface area (Å²) in [6, 6.07) is 11.0. The maximum atomic E-state index is 14.5. The first kappa shape index (κ1) is 17.4. The number of halogens is 2. The van der Waals surface area contributed by atoms with Crippen molar-refractivity contribution in [2.45, 2.75) is 6.17 Å². The first-order chi connectivity index (χ1) is 11.9. The third-order valence-electron chi connectivity index (χ3n) is 3.60. The molecule has 0 radical (unpaired) electrons. The Bertz CT molecular complexity index is 909. The number of carboxylic acid groups (broad SMARTS) is 1. The third-order valence-corrected chi connectivity index (χ3v) is 5.19. The first-order valence-corrected chi connectivity index (χ1v) is 8.99. The lowest BCUT2D eigenvalue weighted by atomic mass is 10.0. The van der Waals surface area contributed by atoms with E-state index in [2.05, 4.69) is 5.32 Å². The molecule has 25 heavy (non-hydrogen) atoms. The Balaban J connectivity index is 1.78. The molecule has 0 aliphatic carbocycles. The van der Waals surface area contributed by atoms with Crippen LogP contribution >= 0.6 is 22.1 Å². The molecule has 4 nitrogen and oxygen atoms in total. The second kappa shape index (κ2) is 7.21. The van der Waals surface area contributed by atoms with E-state index in [9.17, 15) is 14.0 Å². The van der Waals surface area contributed by atoms with Gasteiger partial charge in [-0.3, -0.25) is 4.79 Å². The summed E-state index contributed by atoms with van der Waals surface area (Å²) in [5.41, 5.74) is 2.06. The fourth-order valence-electron chi connectivity index (χ4n) is 2.32. The van der Waals surface area contributed by atoms with Crippen molar-refractivity contribution in [2.24, 2.45) is 0 Å². The van der Waals surface area contributed by atoms with Gasteiger partial charge in [-0.2, -0.15) is 0 Å². The van der Waals surface area contributed by atoms with Gasteiger partial charge in [0.1, 0.15) is 0 Å². The summed E-state index contributed by atoms with van der Waals surface area (Å²) in [5, 5.41) is 14.3. The van der Waals surface area contributed by atoms with Crippen molar-refractivity contribution in [3.8, 4) is 0 Å². The van der Waals surface area contributed by atoms with E-state index < -0.39 is 27.9 Å². The van der Waals surface area contributed by atoms with E-state index in [-0.39, 0.29) is 5.56 Å². The number of amides is 1. The average Bonchev–Trinajstić information content (AvgIpc) is 2.62. The van der Waals surface area contributed by atoms with Crippen molar-refractivity contribution in [1.82, 2.24) is 0 Å². The summed E-state index contributed by atoms with van der Waals surface area (Å²) in [6.07, 6.45) is -0.200. The Labute approximate surface area is 150 Å². The molecule has 1 aliphatic rings. The maximum Gasteiger partial charge on any atom is 0.363 e. The summed E-state index contributed by atoms with van der Waals surface area (Å²) in [7, 11) is -0.985. The molecule has 2 unspecified atom stereocenters. The number of benzene rings is 2. The molecule has 0 fully saturated rings. The Hall–Kier alpha value is -2.44. The minimum Gasteiger partial charge on any atom is -0.473 e. The van der Waals surface area contributed by atoms with Gasteiger partial charge in [-0.15, -0.1) is 0 Å². The van der Waals surface area contributed by atoms with Crippen molar-refractivity contribution in [3.63, 3.8) is 0 Å². The van der Waals surface area contributed by atoms with E-state index in [1.165, 1.54) is 6.07 Å². The molecule has 2 N–H and O–H groups in total. The van der Waals surface area contributed by atoms with Gasteiger partial charge in [0, 0.05) is 10.7 Å². The summed E-state index contributed by atoms with van der Waals surface area (Å²) >= 11 is 5.77. The van der Waals surface area contributed by atoms with E-state index in [4.69, 9.17) is 16.7 Å². The SMILES string of the molecule is O=C(Nc1ccc(Cl)cc1)C(F)c1ccc2c(c1)C=CS(C(=O)O)=C2. The lowest BCUT2D eigenvalue weighted by molar-refractivity contribution is -0.121. The molecule has 0 saturated carbocycles. The Morgan fingerprint density at radius 1 is 1.12 bits per heavy atom. The molecular formula is C18H13ClFNO3S. The Morgan fingerprint density at radius 3 is 2.52 bits per heavy atom. The average molecular weight is 378 g/mol. The molecule has 0 spiro atoms. The number of rotatable bonds is 3. The normalized spacial score (nSPS) is 16.5. The molecule has 7 heteroatoms. The van der Waals surface area contributed by atoms with Gasteiger partial charge in [0.2, 0.25) is 6.17 Å². The van der Waals surface area contributed by atoms with Gasteiger partial charge in [0.05, 0.1) is 0 Å². The largest absolute Gasteiger partial charge is 0.473 e. The fourth-order valence-corrected chi connectivity index (χ4v) is 3.53. The number of anilines is 1. The lowest BCUT2D eigenvalue weighted by Crippen LogP contribution is -2.18. The maximum absolute atomic E-state index is 14.5. The lowest BCUT2D eigenvalue weighted by Gasteiger charge is -2.14. The molecule has 2 aromatic carbocycles. The zero-order valence-electron chi connectivity index (χ0n) is 12.8. The predicted molar refractivity (Wildman–Crippen MR) is 100 cm³/mol. The number of nitrogens with one attached hydrogen (secondary N) is 1. The molecule has 1 amide bonds. The van der Waals surface area contributed by atoms with Crippen LogP contribution in [-0.2, 0) is 4.79 Å². The highest BCUT2D eigenvalue weighted by atomic mass is 35.5. The molecule has 1 aliphatic heterocycles. The summed E-state index contributed by atoms with van der Waals surface area (Å²) in [5.74, 6) is -0.781. The van der Waals surface area contributed by atoms with Crippen molar-refractivity contribution < 1.29 is 19.1 Å². The van der Waals surface area contributed by atoms with Gasteiger partial charge in [0.25, 0.3) is 5.91 Å². The van der Waals surface area contributed by atoms with Crippen LogP contribution in [0.5, 0.6) is 0 Å². The standard InChI is InChI=1S/C18H13ClFNO3S/c19-14-3-5-15(6-4-14)21-17(22)16(20)12-1-2-13-10-25(18(23)24)8-7-11(13)9-12/h1-10,16H,(H,21,22)(H,23,24). The molecule has 3 rings (SSSR count). The van der Waals surface area contributed by atoms with Crippen LogP contribution in [0.15, 0.2) is 47.9 Å². The molecule has 0 saturated heterocycles. The molecule has 128 valence electrons. The van der Waals surface area contributed by atoms with Crippen LogP contribution in [0.2, 0.25) is 5.02 Å². The van der Waals surface area contributed by atoms with Gasteiger partial charge in [-0.25, -0.2) is 9.18 Å². The summed E-state index contributed by atoms with van der Waals surface area (Å²) < 4.78 is 14.5. The summed E-state index contributed by atoms with van der Waals surface area (Å²) in [6.45, 7) is 0. The zero-order chi connectivity index (χ0) is 18.0. The van der Waals surface area contributed by atoms with Crippen LogP contribution in [0, 0.1) is 0 Å². The highest BCUT2D eigenvalue weighted by Crippen LogP contribution is 2.29. The molecule has 0 aromatic heterocycles. The minimum absolute atomic E-state index is 0.209. The number of hydrogen-bond acceptors (Lipinski definition) is 2. The monoisotopic (exact) mass is 377 g/mol. The summed E-state index contributed by atoms with van der Waals surface area (Å²) in [4.78, 5) is 23.1. The second-order valence-corrected chi connectivity index (χ2v) is 7.34. The highest BCUT2D eigenvalue weighted by Gasteiger charge is 2.21. The van der Waals surface area contributed by atoms with Crippen LogP contribution in [0.3, 0.4) is 0 Å². The number of alkyl halides is 1. The molecule has 2 aromatic rings. The van der Waals surface area contributed by atoms with Crippen LogP contribution in [0.25, 0.3) is 6.08 Å². The van der Waals surface area contributed by atoms with E-state index in [1.807, 2.05) is 0 Å². The van der Waals surface area contributed by atoms with Crippen LogP contribution in [0.4, 0.5) is 14.9 Å². The number of hydrogen-bond donors (Lipinski definition) is 2. The quantitative estimate of drug-likeness (QED) is 0.734. The van der Waals surface area contributed by atoms with Crippen molar-refractivity contribution >= 4 is 50.4 Å². The van der Waals surface area contributed by atoms with Crippen LogP contribution < -0.4 is 5.32 Å². The van der Waals surface area contributed by atoms with Crippen LogP contribution in [0.1, 0.15) is 22.9 Å². The van der Waals surface area contributed by atoms with E-state index in [0.29, 0.717) is 21.8 Å². The van der Waals surface area contributed by atoms with Crippen molar-refractivity contribution in [2.75, 3.05) is 5.32 Å². The third kappa shape index (κ3) is 3.97. The second-order valence-electron chi connectivity index (χ2n) is 5.31. The van der Waals surface area contributed by atoms with Gasteiger partial charge >= 0.3 is 5.30 Å². The zero-order valence-corrected chi connectivity index (χ0v) is 14.4.